The zero-order valence-electron chi connectivity index (χ0n) is 29.3. The van der Waals surface area contributed by atoms with Gasteiger partial charge in [0.25, 0.3) is 0 Å². The highest BCUT2D eigenvalue weighted by Crippen LogP contribution is 2.41. The lowest BCUT2D eigenvalue weighted by Gasteiger charge is -2.43. The zero-order chi connectivity index (χ0) is 34.7. The maximum absolute atomic E-state index is 13.5. The topological polar surface area (TPSA) is 112 Å². The van der Waals surface area contributed by atoms with Crippen molar-refractivity contribution < 1.29 is 9.30 Å². The number of anilines is 5. The van der Waals surface area contributed by atoms with Crippen LogP contribution in [-0.2, 0) is 11.0 Å². The molecule has 2 aromatic carbocycles. The molecule has 0 radical (unpaired) electrons. The molecular weight excluding hydrogens is 701 g/mol. The smallest absolute Gasteiger partial charge is 0.229 e. The third kappa shape index (κ3) is 8.26. The first-order valence-corrected chi connectivity index (χ1v) is 20.4. The Labute approximate surface area is 298 Å². The quantitative estimate of drug-likeness (QED) is 0.173. The van der Waals surface area contributed by atoms with E-state index in [4.69, 9.17) is 9.72 Å². The Kier molecular flexibility index (Phi) is 10.9. The van der Waals surface area contributed by atoms with Crippen molar-refractivity contribution in [1.82, 2.24) is 29.7 Å². The summed E-state index contributed by atoms with van der Waals surface area (Å²) in [5.41, 5.74) is 6.41. The average molecular weight is 749 g/mol. The number of aryl methyl sites for hydroxylation is 2. The van der Waals surface area contributed by atoms with E-state index in [1.807, 2.05) is 25.1 Å². The lowest BCUT2D eigenvalue weighted by Crippen LogP contribution is -2.52. The number of hydrogen-bond donors (Lipinski definition) is 2. The number of piperazine rings is 1. The SMILES string of the molecule is CCc1cc(Nc2ncc(Br)c(Nc3ccc(-c4cnc(C)cn4)cc3P(C)(C)=O)n2)c(OC)cc1N1CCC(N2CCN(C)CC2)CC1. The molecule has 2 aliphatic heterocycles. The molecule has 2 saturated heterocycles. The standard InChI is InChI=1S/C36H47BrN9O2P/c1-7-25-18-30(33(48-4)20-32(25)46-12-10-27(11-13-46)45-16-14-44(3)15-17-45)42-36-40-22-28(37)35(43-36)41-29-9-8-26(19-34(29)49(5,6)47)31-23-38-24(2)21-39-31/h8-9,18-23,27H,7,10-17H2,1-6H3,(H2,40,41,42,43). The third-order valence-electron chi connectivity index (χ3n) is 9.54. The Morgan fingerprint density at radius 3 is 2.35 bits per heavy atom. The lowest BCUT2D eigenvalue weighted by molar-refractivity contribution is 0.0982. The molecule has 11 nitrogen and oxygen atoms in total. The number of nitrogens with one attached hydrogen (secondary N) is 2. The predicted octanol–water partition coefficient (Wildman–Crippen LogP) is 6.53. The van der Waals surface area contributed by atoms with Crippen molar-refractivity contribution >= 4 is 57.2 Å². The van der Waals surface area contributed by atoms with Crippen LogP contribution in [0.5, 0.6) is 5.75 Å². The summed E-state index contributed by atoms with van der Waals surface area (Å²) in [7, 11) is 1.23. The van der Waals surface area contributed by atoms with Crippen LogP contribution in [0.15, 0.2) is 53.4 Å². The van der Waals surface area contributed by atoms with Gasteiger partial charge in [0.2, 0.25) is 5.95 Å². The minimum absolute atomic E-state index is 0.413. The Morgan fingerprint density at radius 1 is 0.939 bits per heavy atom. The Balaban J connectivity index is 1.21. The number of benzene rings is 2. The number of hydrogen-bond acceptors (Lipinski definition) is 11. The van der Waals surface area contributed by atoms with Crippen molar-refractivity contribution in [3.63, 3.8) is 0 Å². The number of methoxy groups -OCH3 is 1. The van der Waals surface area contributed by atoms with Crippen molar-refractivity contribution in [1.29, 1.82) is 0 Å². The maximum atomic E-state index is 13.5. The fourth-order valence-electron chi connectivity index (χ4n) is 6.66. The highest BCUT2D eigenvalue weighted by atomic mass is 79.9. The van der Waals surface area contributed by atoms with Crippen LogP contribution >= 0.6 is 23.1 Å². The molecule has 0 spiro atoms. The van der Waals surface area contributed by atoms with Gasteiger partial charge in [-0.15, -0.1) is 0 Å². The van der Waals surface area contributed by atoms with Gasteiger partial charge in [0.1, 0.15) is 18.7 Å². The van der Waals surface area contributed by atoms with Gasteiger partial charge in [-0.05, 0) is 86.3 Å². The van der Waals surface area contributed by atoms with Crippen molar-refractivity contribution in [3.05, 3.63) is 64.7 Å². The van der Waals surface area contributed by atoms with Gasteiger partial charge < -0.3 is 29.7 Å². The second-order valence-corrected chi connectivity index (χ2v) is 17.4. The van der Waals surface area contributed by atoms with Gasteiger partial charge in [-0.1, -0.05) is 13.0 Å². The van der Waals surface area contributed by atoms with Gasteiger partial charge in [-0.25, -0.2) is 4.98 Å². The monoisotopic (exact) mass is 747 g/mol. The van der Waals surface area contributed by atoms with Gasteiger partial charge in [0.15, 0.2) is 0 Å². The molecule has 6 rings (SSSR count). The summed E-state index contributed by atoms with van der Waals surface area (Å²) in [6.45, 7) is 14.3. The first kappa shape index (κ1) is 35.3. The van der Waals surface area contributed by atoms with E-state index >= 15 is 0 Å². The largest absolute Gasteiger partial charge is 0.494 e. The number of piperidine rings is 1. The average Bonchev–Trinajstić information content (AvgIpc) is 3.10. The summed E-state index contributed by atoms with van der Waals surface area (Å²) in [6.07, 6.45) is 8.41. The van der Waals surface area contributed by atoms with Gasteiger partial charge in [-0.2, -0.15) is 4.98 Å². The minimum atomic E-state index is -2.69. The second-order valence-electron chi connectivity index (χ2n) is 13.4. The van der Waals surface area contributed by atoms with Crippen LogP contribution in [0.25, 0.3) is 11.3 Å². The van der Waals surface area contributed by atoms with E-state index in [0.717, 1.165) is 61.0 Å². The number of ether oxygens (including phenoxy) is 1. The van der Waals surface area contributed by atoms with Crippen LogP contribution in [0.1, 0.15) is 31.0 Å². The number of aromatic nitrogens is 4. The van der Waals surface area contributed by atoms with Crippen LogP contribution in [0.2, 0.25) is 0 Å². The summed E-state index contributed by atoms with van der Waals surface area (Å²) in [4.78, 5) is 25.9. The van der Waals surface area contributed by atoms with Gasteiger partial charge >= 0.3 is 0 Å². The number of rotatable bonds is 10. The van der Waals surface area contributed by atoms with Crippen molar-refractivity contribution in [2.45, 2.75) is 39.2 Å². The summed E-state index contributed by atoms with van der Waals surface area (Å²) in [5.74, 6) is 1.70. The van der Waals surface area contributed by atoms with E-state index in [1.54, 1.807) is 39.0 Å². The fraction of sp³-hybridized carbons (Fsp3) is 0.444. The number of halogens is 1. The van der Waals surface area contributed by atoms with Crippen LogP contribution in [0.3, 0.4) is 0 Å². The van der Waals surface area contributed by atoms with Crippen molar-refractivity contribution in [3.8, 4) is 17.0 Å². The van der Waals surface area contributed by atoms with Crippen LogP contribution in [0.4, 0.5) is 28.8 Å². The van der Waals surface area contributed by atoms with Gasteiger partial charge in [0, 0.05) is 80.3 Å². The van der Waals surface area contributed by atoms with Gasteiger partial charge in [0.05, 0.1) is 40.5 Å². The molecule has 0 unspecified atom stereocenters. The summed E-state index contributed by atoms with van der Waals surface area (Å²) in [5, 5.41) is 7.51. The molecule has 4 heterocycles. The zero-order valence-corrected chi connectivity index (χ0v) is 31.8. The van der Waals surface area contributed by atoms with Crippen LogP contribution in [0, 0.1) is 6.92 Å². The molecule has 2 fully saturated rings. The number of likely N-dealkylation sites (N-methyl/N-ethyl adjacent to an activating group) is 1. The van der Waals surface area contributed by atoms with Crippen LogP contribution in [-0.4, -0.2) is 103 Å². The van der Waals surface area contributed by atoms with Crippen LogP contribution < -0.4 is 25.6 Å². The Bertz CT molecular complexity index is 1820. The van der Waals surface area contributed by atoms with Crippen molar-refractivity contribution in [2.75, 3.05) is 82.3 Å². The molecule has 2 aromatic heterocycles. The normalized spacial score (nSPS) is 16.5. The summed E-state index contributed by atoms with van der Waals surface area (Å²) >= 11 is 3.61. The van der Waals surface area contributed by atoms with E-state index < -0.39 is 7.14 Å². The lowest BCUT2D eigenvalue weighted by atomic mass is 9.99. The van der Waals surface area contributed by atoms with E-state index in [0.29, 0.717) is 33.3 Å². The van der Waals surface area contributed by atoms with Gasteiger partial charge in [-0.3, -0.25) is 14.9 Å². The summed E-state index contributed by atoms with van der Waals surface area (Å²) in [6, 6.07) is 10.8. The molecule has 260 valence electrons. The van der Waals surface area contributed by atoms with E-state index in [1.165, 1.54) is 37.2 Å². The maximum Gasteiger partial charge on any atom is 0.229 e. The first-order valence-electron chi connectivity index (χ1n) is 17.0. The molecule has 0 aliphatic carbocycles. The molecule has 13 heteroatoms. The molecule has 2 aliphatic rings. The second kappa shape index (κ2) is 15.1. The molecule has 0 saturated carbocycles. The first-order chi connectivity index (χ1) is 23.5. The Morgan fingerprint density at radius 2 is 1.69 bits per heavy atom. The molecule has 0 amide bonds. The molecule has 4 aromatic rings. The van der Waals surface area contributed by atoms with E-state index in [2.05, 4.69) is 82.3 Å². The molecule has 49 heavy (non-hydrogen) atoms. The predicted molar refractivity (Wildman–Crippen MR) is 204 cm³/mol. The van der Waals surface area contributed by atoms with Crippen molar-refractivity contribution in [2.24, 2.45) is 0 Å². The number of nitrogens with zero attached hydrogens (tertiary/aromatic N) is 7. The van der Waals surface area contributed by atoms with E-state index in [-0.39, 0.29) is 0 Å². The minimum Gasteiger partial charge on any atom is -0.494 e. The molecular formula is C36H47BrN9O2P. The highest BCUT2D eigenvalue weighted by molar-refractivity contribution is 9.10. The highest BCUT2D eigenvalue weighted by Gasteiger charge is 2.28. The fourth-order valence-corrected chi connectivity index (χ4v) is 8.11. The molecule has 0 atom stereocenters. The van der Waals surface area contributed by atoms with E-state index in [9.17, 15) is 4.57 Å². The summed E-state index contributed by atoms with van der Waals surface area (Å²) < 4.78 is 20.1. The third-order valence-corrected chi connectivity index (χ3v) is 11.6. The molecule has 2 N–H and O–H groups in total. The molecule has 0 bridgehead atoms. The Hall–Kier alpha value is -3.57.